The SMILES string of the molecule is Cc1cc(C#N)cc(/C(C#N)=C2\C(C#N)=C(C#N)c3cc4c(cc32)C(C#N)=C(C#N)/C4=C(/C#N)c2cc(C#N)cc(C#N)c2)c1. The van der Waals surface area contributed by atoms with E-state index in [1.54, 1.807) is 19.1 Å². The summed E-state index contributed by atoms with van der Waals surface area (Å²) >= 11 is 0. The molecular formula is C36H11N9. The predicted octanol–water partition coefficient (Wildman–Crippen LogP) is 6.11. The van der Waals surface area contributed by atoms with E-state index in [4.69, 9.17) is 0 Å². The van der Waals surface area contributed by atoms with Gasteiger partial charge >= 0.3 is 0 Å². The van der Waals surface area contributed by atoms with Gasteiger partial charge < -0.3 is 0 Å². The molecule has 0 N–H and O–H groups in total. The summed E-state index contributed by atoms with van der Waals surface area (Å²) in [6, 6.07) is 30.2. The summed E-state index contributed by atoms with van der Waals surface area (Å²) < 4.78 is 0. The Morgan fingerprint density at radius 1 is 0.400 bits per heavy atom. The maximum absolute atomic E-state index is 10.3. The van der Waals surface area contributed by atoms with Gasteiger partial charge in [0, 0.05) is 22.3 Å². The zero-order valence-corrected chi connectivity index (χ0v) is 23.1. The van der Waals surface area contributed by atoms with Gasteiger partial charge in [-0.15, -0.1) is 0 Å². The second kappa shape index (κ2) is 11.1. The fraction of sp³-hybridized carbons (Fsp3) is 0.0278. The van der Waals surface area contributed by atoms with Crippen LogP contribution in [0.15, 0.2) is 59.7 Å². The van der Waals surface area contributed by atoms with Crippen LogP contribution in [0.2, 0.25) is 0 Å². The van der Waals surface area contributed by atoms with Gasteiger partial charge in [0.25, 0.3) is 0 Å². The minimum atomic E-state index is -0.125. The maximum atomic E-state index is 10.3. The average Bonchev–Trinajstić information content (AvgIpc) is 3.54. The van der Waals surface area contributed by atoms with Crippen molar-refractivity contribution < 1.29 is 0 Å². The summed E-state index contributed by atoms with van der Waals surface area (Å²) in [5, 5.41) is 89.9. The minimum Gasteiger partial charge on any atom is -0.192 e. The predicted molar refractivity (Wildman–Crippen MR) is 159 cm³/mol. The molecule has 0 heterocycles. The summed E-state index contributed by atoms with van der Waals surface area (Å²) in [5.74, 6) is 0. The molecule has 2 aliphatic rings. The molecule has 0 bridgehead atoms. The fourth-order valence-electron chi connectivity index (χ4n) is 5.61. The molecule has 0 saturated heterocycles. The molecule has 9 heteroatoms. The smallest absolute Gasteiger partial charge is 0.101 e. The average molecular weight is 570 g/mol. The van der Waals surface area contributed by atoms with E-state index in [9.17, 15) is 47.4 Å². The summed E-state index contributed by atoms with van der Waals surface area (Å²) in [4.78, 5) is 0. The van der Waals surface area contributed by atoms with Gasteiger partial charge in [0.05, 0.1) is 68.3 Å². The number of hydrogen-bond donors (Lipinski definition) is 0. The number of benzene rings is 3. The van der Waals surface area contributed by atoms with Crippen LogP contribution >= 0.6 is 0 Å². The van der Waals surface area contributed by atoms with Crippen LogP contribution in [0.4, 0.5) is 0 Å². The first-order valence-corrected chi connectivity index (χ1v) is 12.9. The van der Waals surface area contributed by atoms with Crippen LogP contribution in [0.5, 0.6) is 0 Å². The van der Waals surface area contributed by atoms with E-state index in [0.29, 0.717) is 22.3 Å². The largest absolute Gasteiger partial charge is 0.192 e. The molecule has 9 nitrogen and oxygen atoms in total. The van der Waals surface area contributed by atoms with E-state index < -0.39 is 0 Å². The van der Waals surface area contributed by atoms with Crippen molar-refractivity contribution in [1.29, 1.82) is 47.4 Å². The third-order valence-electron chi connectivity index (χ3n) is 7.38. The van der Waals surface area contributed by atoms with Gasteiger partial charge in [0.1, 0.15) is 36.4 Å². The molecule has 0 aromatic heterocycles. The summed E-state index contributed by atoms with van der Waals surface area (Å²) in [6.07, 6.45) is 0. The lowest BCUT2D eigenvalue weighted by Gasteiger charge is -2.12. The van der Waals surface area contributed by atoms with E-state index in [2.05, 4.69) is 12.1 Å². The zero-order chi connectivity index (χ0) is 32.4. The second-order valence-electron chi connectivity index (χ2n) is 9.84. The van der Waals surface area contributed by atoms with Crippen LogP contribution in [0.1, 0.15) is 55.6 Å². The van der Waals surface area contributed by atoms with E-state index in [1.807, 2.05) is 42.5 Å². The Hall–Kier alpha value is -7.97. The number of nitrogens with zero attached hydrogens (tertiary/aromatic N) is 9. The Morgan fingerprint density at radius 2 is 0.778 bits per heavy atom. The van der Waals surface area contributed by atoms with Gasteiger partial charge in [-0.3, -0.25) is 0 Å². The lowest BCUT2D eigenvalue weighted by Crippen LogP contribution is -1.96. The van der Waals surface area contributed by atoms with Gasteiger partial charge in [-0.1, -0.05) is 6.07 Å². The van der Waals surface area contributed by atoms with Crippen molar-refractivity contribution in [2.45, 2.75) is 6.92 Å². The third kappa shape index (κ3) is 4.34. The normalized spacial score (nSPS) is 14.5. The van der Waals surface area contributed by atoms with E-state index >= 15 is 0 Å². The highest BCUT2D eigenvalue weighted by atomic mass is 14.4. The Balaban J connectivity index is 1.93. The Labute approximate surface area is 257 Å². The number of fused-ring (bicyclic) bond motifs is 2. The number of rotatable bonds is 2. The summed E-state index contributed by atoms with van der Waals surface area (Å²) in [6.45, 7) is 1.75. The number of allylic oxidation sites excluding steroid dienone is 8. The fourth-order valence-corrected chi connectivity index (χ4v) is 5.61. The van der Waals surface area contributed by atoms with Crippen LogP contribution in [0.25, 0.3) is 33.4 Å². The topological polar surface area (TPSA) is 214 Å². The third-order valence-corrected chi connectivity index (χ3v) is 7.38. The van der Waals surface area contributed by atoms with E-state index in [-0.39, 0.29) is 78.0 Å². The second-order valence-corrected chi connectivity index (χ2v) is 9.84. The number of nitriles is 9. The lowest BCUT2D eigenvalue weighted by molar-refractivity contribution is 1.40. The van der Waals surface area contributed by atoms with Crippen LogP contribution in [-0.4, -0.2) is 0 Å². The first-order valence-electron chi connectivity index (χ1n) is 12.9. The molecule has 0 unspecified atom stereocenters. The first-order chi connectivity index (χ1) is 21.8. The number of aryl methyl sites for hydroxylation is 1. The van der Waals surface area contributed by atoms with Crippen LogP contribution < -0.4 is 0 Å². The zero-order valence-electron chi connectivity index (χ0n) is 23.1. The van der Waals surface area contributed by atoms with Crippen LogP contribution in [-0.2, 0) is 0 Å². The highest BCUT2D eigenvalue weighted by Gasteiger charge is 2.36. The lowest BCUT2D eigenvalue weighted by atomic mass is 9.88. The van der Waals surface area contributed by atoms with Crippen molar-refractivity contribution in [3.63, 3.8) is 0 Å². The van der Waals surface area contributed by atoms with E-state index in [0.717, 1.165) is 0 Å². The van der Waals surface area contributed by atoms with E-state index in [1.165, 1.54) is 36.4 Å². The van der Waals surface area contributed by atoms with Crippen molar-refractivity contribution in [3.05, 3.63) is 115 Å². The van der Waals surface area contributed by atoms with Crippen LogP contribution in [0.3, 0.4) is 0 Å². The van der Waals surface area contributed by atoms with Crippen molar-refractivity contribution in [2.75, 3.05) is 0 Å². The van der Waals surface area contributed by atoms with Crippen molar-refractivity contribution in [3.8, 4) is 54.6 Å². The van der Waals surface area contributed by atoms with Gasteiger partial charge in [-0.2, -0.15) is 47.4 Å². The first kappa shape index (κ1) is 28.6. The minimum absolute atomic E-state index is 0.0324. The van der Waals surface area contributed by atoms with Gasteiger partial charge in [-0.05, 0) is 77.2 Å². The van der Waals surface area contributed by atoms with Crippen molar-refractivity contribution in [2.24, 2.45) is 0 Å². The van der Waals surface area contributed by atoms with Gasteiger partial charge in [0.2, 0.25) is 0 Å². The van der Waals surface area contributed by atoms with Crippen molar-refractivity contribution >= 4 is 33.4 Å². The highest BCUT2D eigenvalue weighted by molar-refractivity contribution is 6.20. The Morgan fingerprint density at radius 3 is 1.13 bits per heavy atom. The molecule has 0 aliphatic heterocycles. The molecule has 0 spiro atoms. The molecule has 3 aromatic rings. The van der Waals surface area contributed by atoms with Gasteiger partial charge in [0.15, 0.2) is 0 Å². The molecule has 0 radical (unpaired) electrons. The monoisotopic (exact) mass is 569 g/mol. The Bertz CT molecular complexity index is 2440. The molecule has 5 rings (SSSR count). The Kier molecular flexibility index (Phi) is 7.06. The molecule has 0 saturated carbocycles. The molecule has 0 atom stereocenters. The number of hydrogen-bond acceptors (Lipinski definition) is 9. The molecule has 200 valence electrons. The van der Waals surface area contributed by atoms with Gasteiger partial charge in [-0.25, -0.2) is 0 Å². The summed E-state index contributed by atoms with van der Waals surface area (Å²) in [5.41, 5.74) is 2.60. The molecule has 0 fully saturated rings. The quantitative estimate of drug-likeness (QED) is 0.325. The molecule has 2 aliphatic carbocycles. The molecular weight excluding hydrogens is 558 g/mol. The molecule has 0 amide bonds. The standard InChI is InChI=1S/C36H11N9/c1-19-2-20(10-37)5-23(3-19)29(13-40)35-27-8-26-28(9-25(27)31(15-42)33(35)17-44)36(34(18-45)32(26)16-43)30(14-41)24-6-21(11-38)4-22(7-24)12-39/h2-9H,1H3/b35-29-,36-30-. The maximum Gasteiger partial charge on any atom is 0.101 e. The summed E-state index contributed by atoms with van der Waals surface area (Å²) in [7, 11) is 0. The highest BCUT2D eigenvalue weighted by Crippen LogP contribution is 2.51. The molecule has 45 heavy (non-hydrogen) atoms. The molecule has 3 aromatic carbocycles. The van der Waals surface area contributed by atoms with Crippen LogP contribution in [0, 0.1) is 109 Å². The van der Waals surface area contributed by atoms with Crippen molar-refractivity contribution in [1.82, 2.24) is 0 Å².